The van der Waals surface area contributed by atoms with E-state index < -0.39 is 0 Å². The van der Waals surface area contributed by atoms with Gasteiger partial charge in [0.05, 0.1) is 0 Å². The third-order valence-corrected chi connectivity index (χ3v) is 3.71. The van der Waals surface area contributed by atoms with Crippen molar-refractivity contribution in [1.29, 1.82) is 0 Å². The molecule has 0 N–H and O–H groups in total. The molecule has 1 unspecified atom stereocenters. The van der Waals surface area contributed by atoms with Gasteiger partial charge in [-0.25, -0.2) is 0 Å². The van der Waals surface area contributed by atoms with E-state index in [-0.39, 0.29) is 0 Å². The summed E-state index contributed by atoms with van der Waals surface area (Å²) in [6.45, 7) is 4.36. The zero-order chi connectivity index (χ0) is 12.3. The Morgan fingerprint density at radius 1 is 1.35 bits per heavy atom. The average Bonchev–Trinajstić information content (AvgIpc) is 2.54. The van der Waals surface area contributed by atoms with E-state index in [0.29, 0.717) is 10.6 Å². The highest BCUT2D eigenvalue weighted by Gasteiger charge is 2.16. The first-order chi connectivity index (χ1) is 8.20. The smallest absolute Gasteiger partial charge is 0.152 e. The van der Waals surface area contributed by atoms with Crippen molar-refractivity contribution in [2.75, 3.05) is 18.0 Å². The van der Waals surface area contributed by atoms with Gasteiger partial charge in [0.1, 0.15) is 0 Å². The maximum atomic E-state index is 11.1. The molecule has 1 aromatic carbocycles. The van der Waals surface area contributed by atoms with Gasteiger partial charge in [-0.1, -0.05) is 18.5 Å². The molecule has 0 bridgehead atoms. The lowest BCUT2D eigenvalue weighted by Crippen LogP contribution is -2.25. The predicted molar refractivity (Wildman–Crippen MR) is 72.1 cm³/mol. The van der Waals surface area contributed by atoms with Gasteiger partial charge in [0, 0.05) is 29.4 Å². The highest BCUT2D eigenvalue weighted by atomic mass is 35.5. The lowest BCUT2D eigenvalue weighted by atomic mass is 10.0. The van der Waals surface area contributed by atoms with Crippen LogP contribution in [-0.2, 0) is 0 Å². The molecule has 0 amide bonds. The lowest BCUT2D eigenvalue weighted by molar-refractivity contribution is 0.112. The van der Waals surface area contributed by atoms with Crippen LogP contribution in [0.15, 0.2) is 18.2 Å². The summed E-state index contributed by atoms with van der Waals surface area (Å²) in [5.74, 6) is 0.784. The Morgan fingerprint density at radius 2 is 2.18 bits per heavy atom. The molecule has 92 valence electrons. The third kappa shape index (κ3) is 3.01. The number of halogens is 1. The summed E-state index contributed by atoms with van der Waals surface area (Å²) in [4.78, 5) is 13.4. The van der Waals surface area contributed by atoms with Crippen molar-refractivity contribution >= 4 is 23.6 Å². The minimum atomic E-state index is 0.624. The van der Waals surface area contributed by atoms with Crippen LogP contribution in [0.25, 0.3) is 0 Å². The van der Waals surface area contributed by atoms with E-state index >= 15 is 0 Å². The molecule has 0 radical (unpaired) electrons. The van der Waals surface area contributed by atoms with E-state index in [2.05, 4.69) is 11.8 Å². The van der Waals surface area contributed by atoms with E-state index in [1.807, 2.05) is 12.1 Å². The van der Waals surface area contributed by atoms with Crippen molar-refractivity contribution in [1.82, 2.24) is 0 Å². The van der Waals surface area contributed by atoms with Crippen LogP contribution >= 0.6 is 11.6 Å². The molecule has 1 atom stereocenters. The standard InChI is InChI=1S/C14H18ClNO/c1-11-3-2-7-16(8-6-11)14-5-4-13(15)9-12(14)10-17/h4-5,9-11H,2-3,6-8H2,1H3. The number of aldehydes is 1. The van der Waals surface area contributed by atoms with Crippen molar-refractivity contribution in [3.05, 3.63) is 28.8 Å². The Labute approximate surface area is 108 Å². The monoisotopic (exact) mass is 251 g/mol. The number of benzene rings is 1. The van der Waals surface area contributed by atoms with Crippen LogP contribution in [0.4, 0.5) is 5.69 Å². The van der Waals surface area contributed by atoms with E-state index in [1.54, 1.807) is 6.07 Å². The zero-order valence-electron chi connectivity index (χ0n) is 10.2. The van der Waals surface area contributed by atoms with Gasteiger partial charge in [-0.3, -0.25) is 4.79 Å². The molecule has 0 aliphatic carbocycles. The molecule has 1 aliphatic rings. The molecule has 0 saturated carbocycles. The third-order valence-electron chi connectivity index (χ3n) is 3.47. The molecule has 2 nitrogen and oxygen atoms in total. The van der Waals surface area contributed by atoms with Crippen LogP contribution in [0.1, 0.15) is 36.5 Å². The molecule has 1 fully saturated rings. The molecular formula is C14H18ClNO. The number of nitrogens with zero attached hydrogens (tertiary/aromatic N) is 1. The van der Waals surface area contributed by atoms with Gasteiger partial charge in [0.2, 0.25) is 0 Å². The fourth-order valence-corrected chi connectivity index (χ4v) is 2.59. The molecule has 1 aliphatic heterocycles. The van der Waals surface area contributed by atoms with Crippen LogP contribution in [0, 0.1) is 5.92 Å². The Bertz CT molecular complexity index is 405. The molecule has 17 heavy (non-hydrogen) atoms. The summed E-state index contributed by atoms with van der Waals surface area (Å²) in [5, 5.41) is 0.624. The van der Waals surface area contributed by atoms with Crippen molar-refractivity contribution in [3.63, 3.8) is 0 Å². The first kappa shape index (κ1) is 12.4. The van der Waals surface area contributed by atoms with Gasteiger partial charge >= 0.3 is 0 Å². The summed E-state index contributed by atoms with van der Waals surface area (Å²) in [7, 11) is 0. The normalized spacial score (nSPS) is 21.1. The Morgan fingerprint density at radius 3 is 2.94 bits per heavy atom. The van der Waals surface area contributed by atoms with Crippen molar-refractivity contribution in [2.45, 2.75) is 26.2 Å². The molecule has 3 heteroatoms. The summed E-state index contributed by atoms with van der Waals surface area (Å²) in [6, 6.07) is 5.57. The van der Waals surface area contributed by atoms with Gasteiger partial charge < -0.3 is 4.90 Å². The second-order valence-corrected chi connectivity index (χ2v) is 5.28. The summed E-state index contributed by atoms with van der Waals surface area (Å²) in [5.41, 5.74) is 1.73. The SMILES string of the molecule is CC1CCCN(c2ccc(Cl)cc2C=O)CC1. The highest BCUT2D eigenvalue weighted by Crippen LogP contribution is 2.26. The molecule has 1 saturated heterocycles. The number of hydrogen-bond donors (Lipinski definition) is 0. The van der Waals surface area contributed by atoms with Gasteiger partial charge in [0.25, 0.3) is 0 Å². The van der Waals surface area contributed by atoms with E-state index in [0.717, 1.165) is 31.0 Å². The lowest BCUT2D eigenvalue weighted by Gasteiger charge is -2.24. The summed E-state index contributed by atoms with van der Waals surface area (Å²) < 4.78 is 0. The number of carbonyl (C=O) groups excluding carboxylic acids is 1. The van der Waals surface area contributed by atoms with Gasteiger partial charge in [-0.05, 0) is 43.4 Å². The summed E-state index contributed by atoms with van der Waals surface area (Å²) >= 11 is 5.91. The fourth-order valence-electron chi connectivity index (χ4n) is 2.41. The van der Waals surface area contributed by atoms with Crippen LogP contribution in [0.5, 0.6) is 0 Å². The predicted octanol–water partition coefficient (Wildman–Crippen LogP) is 3.78. The second kappa shape index (κ2) is 5.54. The van der Waals surface area contributed by atoms with E-state index in [1.165, 1.54) is 19.3 Å². The van der Waals surface area contributed by atoms with Gasteiger partial charge in [-0.2, -0.15) is 0 Å². The maximum Gasteiger partial charge on any atom is 0.152 e. The van der Waals surface area contributed by atoms with Crippen LogP contribution in [-0.4, -0.2) is 19.4 Å². The largest absolute Gasteiger partial charge is 0.371 e. The number of rotatable bonds is 2. The van der Waals surface area contributed by atoms with Crippen LogP contribution in [0.2, 0.25) is 5.02 Å². The molecule has 0 spiro atoms. The van der Waals surface area contributed by atoms with Gasteiger partial charge in [-0.15, -0.1) is 0 Å². The second-order valence-electron chi connectivity index (χ2n) is 4.84. The molecule has 1 aromatic rings. The van der Waals surface area contributed by atoms with Crippen molar-refractivity contribution in [2.24, 2.45) is 5.92 Å². The number of anilines is 1. The fraction of sp³-hybridized carbons (Fsp3) is 0.500. The van der Waals surface area contributed by atoms with Crippen LogP contribution < -0.4 is 4.90 Å². The van der Waals surface area contributed by atoms with Crippen molar-refractivity contribution < 1.29 is 4.79 Å². The van der Waals surface area contributed by atoms with Crippen LogP contribution in [0.3, 0.4) is 0 Å². The maximum absolute atomic E-state index is 11.1. The van der Waals surface area contributed by atoms with E-state index in [9.17, 15) is 4.79 Å². The minimum Gasteiger partial charge on any atom is -0.371 e. The van der Waals surface area contributed by atoms with E-state index in [4.69, 9.17) is 11.6 Å². The van der Waals surface area contributed by atoms with Gasteiger partial charge in [0.15, 0.2) is 6.29 Å². The first-order valence-electron chi connectivity index (χ1n) is 6.20. The topological polar surface area (TPSA) is 20.3 Å². The number of hydrogen-bond acceptors (Lipinski definition) is 2. The Hall–Kier alpha value is -1.02. The Balaban J connectivity index is 2.23. The summed E-state index contributed by atoms with van der Waals surface area (Å²) in [6.07, 6.45) is 4.57. The average molecular weight is 252 g/mol. The van der Waals surface area contributed by atoms with Crippen molar-refractivity contribution in [3.8, 4) is 0 Å². The molecule has 0 aromatic heterocycles. The molecular weight excluding hydrogens is 234 g/mol. The quantitative estimate of drug-likeness (QED) is 0.746. The molecule has 1 heterocycles. The number of carbonyl (C=O) groups is 1. The molecule has 2 rings (SSSR count). The first-order valence-corrected chi connectivity index (χ1v) is 6.58. The Kier molecular flexibility index (Phi) is 4.06. The minimum absolute atomic E-state index is 0.624. The highest BCUT2D eigenvalue weighted by molar-refractivity contribution is 6.31. The zero-order valence-corrected chi connectivity index (χ0v) is 10.9.